The van der Waals surface area contributed by atoms with Crippen LogP contribution in [0.4, 0.5) is 8.78 Å². The van der Waals surface area contributed by atoms with Gasteiger partial charge in [-0.15, -0.1) is 0 Å². The summed E-state index contributed by atoms with van der Waals surface area (Å²) in [6.45, 7) is 1.54. The number of nitrogens with zero attached hydrogens (tertiary/aromatic N) is 4. The van der Waals surface area contributed by atoms with Gasteiger partial charge in [-0.05, 0) is 79.4 Å². The Labute approximate surface area is 294 Å². The predicted octanol–water partition coefficient (Wildman–Crippen LogP) is 4.29. The van der Waals surface area contributed by atoms with E-state index in [-0.39, 0.29) is 52.6 Å². The number of amides is 2. The number of nitrogens with two attached hydrogens (primary N) is 2. The number of hydrogen-bond acceptors (Lipinski definition) is 8. The van der Waals surface area contributed by atoms with Crippen molar-refractivity contribution in [2.45, 2.75) is 51.0 Å². The molecular weight excluding hydrogens is 674 g/mol. The Balaban J connectivity index is 1.35. The number of primary amides is 2. The van der Waals surface area contributed by atoms with Gasteiger partial charge in [0.15, 0.2) is 0 Å². The predicted molar refractivity (Wildman–Crippen MR) is 187 cm³/mol. The third kappa shape index (κ3) is 6.34. The van der Waals surface area contributed by atoms with Crippen LogP contribution >= 0.6 is 0 Å². The Morgan fingerprint density at radius 2 is 1.29 bits per heavy atom. The zero-order valence-electron chi connectivity index (χ0n) is 27.8. The molecule has 7 rings (SSSR count). The highest BCUT2D eigenvalue weighted by molar-refractivity contribution is 5.90. The molecule has 6 aromatic rings. The smallest absolute Gasteiger partial charge is 0.265 e. The van der Waals surface area contributed by atoms with Gasteiger partial charge < -0.3 is 20.9 Å². The van der Waals surface area contributed by atoms with Gasteiger partial charge in [0.2, 0.25) is 11.6 Å². The van der Waals surface area contributed by atoms with Crippen LogP contribution in [0, 0.1) is 18.6 Å². The summed E-state index contributed by atoms with van der Waals surface area (Å²) in [5.41, 5.74) is 9.49. The molecule has 0 spiro atoms. The van der Waals surface area contributed by atoms with E-state index in [0.29, 0.717) is 35.5 Å². The molecule has 0 radical (unpaired) electrons. The van der Waals surface area contributed by atoms with Crippen LogP contribution in [0.25, 0.3) is 21.8 Å². The fraction of sp³-hybridized carbons (Fsp3) is 0.211. The first kappa shape index (κ1) is 34.0. The second kappa shape index (κ2) is 13.4. The second-order valence-electron chi connectivity index (χ2n) is 12.7. The van der Waals surface area contributed by atoms with E-state index < -0.39 is 46.7 Å². The first-order valence-electron chi connectivity index (χ1n) is 16.4. The number of aryl methyl sites for hydroxylation is 1. The van der Waals surface area contributed by atoms with Gasteiger partial charge in [0.1, 0.15) is 48.0 Å². The molecule has 2 aromatic heterocycles. The Bertz CT molecular complexity index is 2530. The average molecular weight is 707 g/mol. The molecule has 2 heterocycles. The minimum absolute atomic E-state index is 0.0358. The van der Waals surface area contributed by atoms with E-state index in [1.54, 1.807) is 30.3 Å². The number of rotatable bonds is 12. The average Bonchev–Trinajstić information content (AvgIpc) is 3.95. The van der Waals surface area contributed by atoms with E-state index >= 15 is 0 Å². The highest BCUT2D eigenvalue weighted by Gasteiger charge is 2.49. The maximum absolute atomic E-state index is 14.6. The SMILES string of the molecule is Cc1nc2cc(OCc3cccc(F)c3)ccc2c(=O)n1C(CC(N)=O)(C(N)=O)n1c(C2CC2)nc2cc(OCc3cccc(F)c3)ccc2c1=O. The highest BCUT2D eigenvalue weighted by atomic mass is 19.1. The van der Waals surface area contributed by atoms with Gasteiger partial charge in [-0.25, -0.2) is 18.7 Å². The Hall–Kier alpha value is -6.44. The van der Waals surface area contributed by atoms with Crippen molar-refractivity contribution in [3.05, 3.63) is 140 Å². The summed E-state index contributed by atoms with van der Waals surface area (Å²) < 4.78 is 41.0. The lowest BCUT2D eigenvalue weighted by Crippen LogP contribution is -2.62. The normalized spacial score (nSPS) is 13.9. The molecule has 1 atom stereocenters. The van der Waals surface area contributed by atoms with Gasteiger partial charge in [0.25, 0.3) is 17.0 Å². The molecule has 12 nitrogen and oxygen atoms in total. The van der Waals surface area contributed by atoms with Crippen LogP contribution in [-0.4, -0.2) is 30.9 Å². The number of benzene rings is 4. The lowest BCUT2D eigenvalue weighted by atomic mass is 10.0. The number of aromatic nitrogens is 4. The van der Waals surface area contributed by atoms with E-state index in [0.717, 1.165) is 9.13 Å². The zero-order valence-corrected chi connectivity index (χ0v) is 27.8. The zero-order chi connectivity index (χ0) is 36.7. The molecule has 1 fully saturated rings. The van der Waals surface area contributed by atoms with Crippen LogP contribution in [0.3, 0.4) is 0 Å². The summed E-state index contributed by atoms with van der Waals surface area (Å²) in [4.78, 5) is 65.0. The topological polar surface area (TPSA) is 174 Å². The van der Waals surface area contributed by atoms with Crippen molar-refractivity contribution in [1.82, 2.24) is 19.1 Å². The van der Waals surface area contributed by atoms with Crippen molar-refractivity contribution in [3.8, 4) is 11.5 Å². The van der Waals surface area contributed by atoms with E-state index in [1.165, 1.54) is 61.5 Å². The Morgan fingerprint density at radius 1 is 0.769 bits per heavy atom. The van der Waals surface area contributed by atoms with Gasteiger partial charge in [-0.1, -0.05) is 24.3 Å². The molecule has 1 aliphatic rings. The second-order valence-corrected chi connectivity index (χ2v) is 12.7. The molecule has 1 unspecified atom stereocenters. The first-order chi connectivity index (χ1) is 24.9. The third-order valence-corrected chi connectivity index (χ3v) is 8.96. The van der Waals surface area contributed by atoms with E-state index in [1.807, 2.05) is 0 Å². The third-order valence-electron chi connectivity index (χ3n) is 8.96. The standard InChI is InChI=1S/C38H32F2N6O6/c1-21-43-31-16-27(51-19-22-4-2-6-25(39)14-22)10-12-29(31)35(48)45(21)38(37(42)50,18-33(41)47)46-34(24-8-9-24)44-32-17-28(11-13-30(32)36(46)49)52-20-23-5-3-7-26(40)15-23/h2-7,10-17,24H,8-9,18-20H2,1H3,(H2,41,47)(H2,42,50). The molecule has 2 amide bonds. The quantitative estimate of drug-likeness (QED) is 0.190. The van der Waals surface area contributed by atoms with Crippen LogP contribution in [0.5, 0.6) is 11.5 Å². The lowest BCUT2D eigenvalue weighted by molar-refractivity contribution is -0.134. The maximum atomic E-state index is 14.6. The minimum atomic E-state index is -2.47. The van der Waals surface area contributed by atoms with Crippen LogP contribution in [-0.2, 0) is 28.5 Å². The molecule has 14 heteroatoms. The van der Waals surface area contributed by atoms with E-state index in [9.17, 15) is 28.0 Å². The molecule has 0 bridgehead atoms. The molecule has 264 valence electrons. The summed E-state index contributed by atoms with van der Waals surface area (Å²) in [6.07, 6.45) is 0.371. The van der Waals surface area contributed by atoms with Crippen LogP contribution in [0.15, 0.2) is 94.5 Å². The summed E-state index contributed by atoms with van der Waals surface area (Å²) in [5.74, 6) is -2.56. The summed E-state index contributed by atoms with van der Waals surface area (Å²) in [6, 6.07) is 20.9. The van der Waals surface area contributed by atoms with E-state index in [4.69, 9.17) is 25.9 Å². The van der Waals surface area contributed by atoms with E-state index in [2.05, 4.69) is 4.98 Å². The Morgan fingerprint density at radius 3 is 1.77 bits per heavy atom. The van der Waals surface area contributed by atoms with Crippen molar-refractivity contribution >= 4 is 33.6 Å². The summed E-state index contributed by atoms with van der Waals surface area (Å²) in [5, 5.41) is 0.0887. The number of ether oxygens (including phenoxy) is 2. The molecule has 0 aliphatic heterocycles. The molecule has 52 heavy (non-hydrogen) atoms. The molecule has 1 saturated carbocycles. The first-order valence-corrected chi connectivity index (χ1v) is 16.4. The van der Waals surface area contributed by atoms with Crippen LogP contribution in [0.1, 0.15) is 48.0 Å². The summed E-state index contributed by atoms with van der Waals surface area (Å²) in [7, 11) is 0. The number of carbonyl (C=O) groups excluding carboxylic acids is 2. The van der Waals surface area contributed by atoms with Crippen LogP contribution < -0.4 is 32.1 Å². The van der Waals surface area contributed by atoms with Crippen molar-refractivity contribution < 1.29 is 27.8 Å². The molecule has 4 aromatic carbocycles. The van der Waals surface area contributed by atoms with Gasteiger partial charge in [0.05, 0.1) is 28.2 Å². The number of carbonyl (C=O) groups is 2. The van der Waals surface area contributed by atoms with Crippen LogP contribution in [0.2, 0.25) is 0 Å². The molecule has 1 aliphatic carbocycles. The van der Waals surface area contributed by atoms with Crippen molar-refractivity contribution in [3.63, 3.8) is 0 Å². The van der Waals surface area contributed by atoms with Crippen molar-refractivity contribution in [1.29, 1.82) is 0 Å². The molecule has 0 saturated heterocycles. The fourth-order valence-corrected chi connectivity index (χ4v) is 6.44. The van der Waals surface area contributed by atoms with Gasteiger partial charge in [-0.3, -0.25) is 28.3 Å². The van der Waals surface area contributed by atoms with Gasteiger partial charge in [0, 0.05) is 18.1 Å². The van der Waals surface area contributed by atoms with Gasteiger partial charge in [-0.2, -0.15) is 0 Å². The number of fused-ring (bicyclic) bond motifs is 2. The van der Waals surface area contributed by atoms with Crippen molar-refractivity contribution in [2.75, 3.05) is 0 Å². The highest BCUT2D eigenvalue weighted by Crippen LogP contribution is 2.41. The maximum Gasteiger partial charge on any atom is 0.265 e. The lowest BCUT2D eigenvalue weighted by Gasteiger charge is -2.36. The monoisotopic (exact) mass is 706 g/mol. The van der Waals surface area contributed by atoms with Gasteiger partial charge >= 0.3 is 0 Å². The summed E-state index contributed by atoms with van der Waals surface area (Å²) >= 11 is 0. The van der Waals surface area contributed by atoms with Crippen molar-refractivity contribution in [2.24, 2.45) is 11.5 Å². The number of hydrogen-bond donors (Lipinski definition) is 2. The fourth-order valence-electron chi connectivity index (χ4n) is 6.44. The minimum Gasteiger partial charge on any atom is -0.489 e. The molecular formula is C38H32F2N6O6. The number of halogens is 2. The Kier molecular flexibility index (Phi) is 8.74. The molecule has 4 N–H and O–H groups in total. The largest absolute Gasteiger partial charge is 0.489 e.